The van der Waals surface area contributed by atoms with Crippen LogP contribution in [-0.4, -0.2) is 56.4 Å². The molecule has 2 unspecified atom stereocenters. The third kappa shape index (κ3) is 8.13. The summed E-state index contributed by atoms with van der Waals surface area (Å²) in [5.41, 5.74) is 2.34. The summed E-state index contributed by atoms with van der Waals surface area (Å²) in [6, 6.07) is 14.4. The quantitative estimate of drug-likeness (QED) is 0.438. The van der Waals surface area contributed by atoms with Gasteiger partial charge in [-0.3, -0.25) is 0 Å². The van der Waals surface area contributed by atoms with Gasteiger partial charge < -0.3 is 25.0 Å². The van der Waals surface area contributed by atoms with Gasteiger partial charge in [0.2, 0.25) is 0 Å². The van der Waals surface area contributed by atoms with Crippen LogP contribution in [0.5, 0.6) is 0 Å². The Labute approximate surface area is 192 Å². The van der Waals surface area contributed by atoms with Gasteiger partial charge in [0.05, 0.1) is 32.5 Å². The summed E-state index contributed by atoms with van der Waals surface area (Å²) in [4.78, 5) is 11.6. The minimum absolute atomic E-state index is 0.232. The lowest BCUT2D eigenvalue weighted by Gasteiger charge is -2.32. The van der Waals surface area contributed by atoms with Crippen LogP contribution in [0.2, 0.25) is 0 Å². The fraction of sp³-hybridized carbons (Fsp3) is 0.520. The van der Waals surface area contributed by atoms with Crippen molar-refractivity contribution in [2.75, 3.05) is 44.3 Å². The second kappa shape index (κ2) is 13.0. The second-order valence-electron chi connectivity index (χ2n) is 8.33. The molecule has 1 aromatic carbocycles. The van der Waals surface area contributed by atoms with Gasteiger partial charge in [-0.1, -0.05) is 37.3 Å². The maximum atomic E-state index is 5.86. The minimum Gasteiger partial charge on any atom is -0.376 e. The molecule has 2 atom stereocenters. The summed E-state index contributed by atoms with van der Waals surface area (Å²) in [7, 11) is 0. The van der Waals surface area contributed by atoms with Crippen LogP contribution in [0.3, 0.4) is 0 Å². The fourth-order valence-corrected chi connectivity index (χ4v) is 3.55. The lowest BCUT2D eigenvalue weighted by atomic mass is 10.2. The summed E-state index contributed by atoms with van der Waals surface area (Å²) >= 11 is 0. The van der Waals surface area contributed by atoms with E-state index in [1.807, 2.05) is 30.5 Å². The molecule has 0 radical (unpaired) electrons. The molecule has 7 nitrogen and oxygen atoms in total. The molecule has 1 fully saturated rings. The number of guanidine groups is 1. The van der Waals surface area contributed by atoms with E-state index >= 15 is 0 Å². The molecule has 7 heteroatoms. The SMILES string of the molecule is CCNC(=NCc1ccnc(N2CCOC(C)C2)c1)NCC(C)COCc1ccccc1. The molecule has 0 saturated carbocycles. The van der Waals surface area contributed by atoms with Crippen molar-refractivity contribution in [3.8, 4) is 0 Å². The molecule has 1 aromatic heterocycles. The molecular formula is C25H37N5O2. The van der Waals surface area contributed by atoms with Crippen molar-refractivity contribution in [3.63, 3.8) is 0 Å². The summed E-state index contributed by atoms with van der Waals surface area (Å²) in [5, 5.41) is 6.77. The molecule has 1 aliphatic rings. The molecule has 0 bridgehead atoms. The number of ether oxygens (including phenoxy) is 2. The van der Waals surface area contributed by atoms with Gasteiger partial charge in [0.1, 0.15) is 5.82 Å². The predicted molar refractivity (Wildman–Crippen MR) is 130 cm³/mol. The molecule has 1 saturated heterocycles. The summed E-state index contributed by atoms with van der Waals surface area (Å²) in [6.07, 6.45) is 2.10. The molecule has 32 heavy (non-hydrogen) atoms. The van der Waals surface area contributed by atoms with Gasteiger partial charge in [0, 0.05) is 32.4 Å². The van der Waals surface area contributed by atoms with E-state index in [9.17, 15) is 0 Å². The fourth-order valence-electron chi connectivity index (χ4n) is 3.55. The van der Waals surface area contributed by atoms with Crippen LogP contribution < -0.4 is 15.5 Å². The van der Waals surface area contributed by atoms with Crippen LogP contribution in [0.1, 0.15) is 31.9 Å². The van der Waals surface area contributed by atoms with E-state index in [1.165, 1.54) is 5.56 Å². The number of benzene rings is 1. The first kappa shape index (κ1) is 24.0. The van der Waals surface area contributed by atoms with E-state index in [4.69, 9.17) is 14.5 Å². The van der Waals surface area contributed by atoms with Crippen molar-refractivity contribution in [3.05, 3.63) is 59.8 Å². The van der Waals surface area contributed by atoms with Crippen molar-refractivity contribution in [1.82, 2.24) is 15.6 Å². The zero-order chi connectivity index (χ0) is 22.6. The first-order valence-corrected chi connectivity index (χ1v) is 11.6. The molecule has 1 aliphatic heterocycles. The van der Waals surface area contributed by atoms with Crippen LogP contribution in [0, 0.1) is 5.92 Å². The Morgan fingerprint density at radius 1 is 1.25 bits per heavy atom. The normalized spacial score (nSPS) is 17.8. The molecule has 2 heterocycles. The highest BCUT2D eigenvalue weighted by Crippen LogP contribution is 2.17. The highest BCUT2D eigenvalue weighted by Gasteiger charge is 2.18. The van der Waals surface area contributed by atoms with Gasteiger partial charge in [-0.2, -0.15) is 0 Å². The second-order valence-corrected chi connectivity index (χ2v) is 8.33. The zero-order valence-electron chi connectivity index (χ0n) is 19.6. The zero-order valence-corrected chi connectivity index (χ0v) is 19.6. The summed E-state index contributed by atoms with van der Waals surface area (Å²) in [6.45, 7) is 12.4. The molecule has 0 spiro atoms. The first-order valence-electron chi connectivity index (χ1n) is 11.6. The van der Waals surface area contributed by atoms with Crippen molar-refractivity contribution < 1.29 is 9.47 Å². The van der Waals surface area contributed by atoms with Gasteiger partial charge in [-0.15, -0.1) is 0 Å². The van der Waals surface area contributed by atoms with Gasteiger partial charge >= 0.3 is 0 Å². The third-order valence-electron chi connectivity index (χ3n) is 5.27. The van der Waals surface area contributed by atoms with Gasteiger partial charge in [0.15, 0.2) is 5.96 Å². The highest BCUT2D eigenvalue weighted by atomic mass is 16.5. The molecule has 174 valence electrons. The minimum atomic E-state index is 0.232. The number of anilines is 1. The van der Waals surface area contributed by atoms with Crippen molar-refractivity contribution in [2.24, 2.45) is 10.9 Å². The molecule has 0 aliphatic carbocycles. The van der Waals surface area contributed by atoms with Gasteiger partial charge in [-0.25, -0.2) is 9.98 Å². The Balaban J connectivity index is 1.47. The van der Waals surface area contributed by atoms with E-state index < -0.39 is 0 Å². The third-order valence-corrected chi connectivity index (χ3v) is 5.27. The van der Waals surface area contributed by atoms with Crippen LogP contribution >= 0.6 is 0 Å². The number of nitrogens with zero attached hydrogens (tertiary/aromatic N) is 3. The standard InChI is InChI=1S/C25H37N5O2/c1-4-26-25(28-15-20(2)18-31-19-22-8-6-5-7-9-22)29-16-23-10-11-27-24(14-23)30-12-13-32-21(3)17-30/h5-11,14,20-21H,4,12-13,15-19H2,1-3H3,(H2,26,28,29). The number of pyridine rings is 1. The number of morpholine rings is 1. The maximum Gasteiger partial charge on any atom is 0.191 e. The summed E-state index contributed by atoms with van der Waals surface area (Å²) in [5.74, 6) is 2.19. The molecule has 2 N–H and O–H groups in total. The molecule has 3 rings (SSSR count). The number of rotatable bonds is 10. The molecule has 0 amide bonds. The predicted octanol–water partition coefficient (Wildman–Crippen LogP) is 3.21. The van der Waals surface area contributed by atoms with Gasteiger partial charge in [-0.05, 0) is 43.0 Å². The van der Waals surface area contributed by atoms with Crippen molar-refractivity contribution >= 4 is 11.8 Å². The van der Waals surface area contributed by atoms with Gasteiger partial charge in [0.25, 0.3) is 0 Å². The van der Waals surface area contributed by atoms with E-state index in [1.54, 1.807) is 0 Å². The number of aromatic nitrogens is 1. The summed E-state index contributed by atoms with van der Waals surface area (Å²) < 4.78 is 11.5. The van der Waals surface area contributed by atoms with E-state index in [0.717, 1.165) is 50.1 Å². The first-order chi connectivity index (χ1) is 15.6. The Bertz CT molecular complexity index is 830. The Hall–Kier alpha value is -2.64. The largest absolute Gasteiger partial charge is 0.376 e. The van der Waals surface area contributed by atoms with Crippen LogP contribution in [0.4, 0.5) is 5.82 Å². The van der Waals surface area contributed by atoms with Crippen LogP contribution in [0.15, 0.2) is 53.7 Å². The molecular weight excluding hydrogens is 402 g/mol. The highest BCUT2D eigenvalue weighted by molar-refractivity contribution is 5.79. The Morgan fingerprint density at radius 2 is 2.09 bits per heavy atom. The van der Waals surface area contributed by atoms with Crippen molar-refractivity contribution in [1.29, 1.82) is 0 Å². The van der Waals surface area contributed by atoms with Crippen molar-refractivity contribution in [2.45, 2.75) is 40.0 Å². The molecule has 2 aromatic rings. The lowest BCUT2D eigenvalue weighted by molar-refractivity contribution is 0.0529. The van der Waals surface area contributed by atoms with Crippen LogP contribution in [0.25, 0.3) is 0 Å². The Kier molecular flexibility index (Phi) is 9.78. The average molecular weight is 440 g/mol. The Morgan fingerprint density at radius 3 is 2.88 bits per heavy atom. The number of hydrogen-bond donors (Lipinski definition) is 2. The smallest absolute Gasteiger partial charge is 0.191 e. The van der Waals surface area contributed by atoms with E-state index in [-0.39, 0.29) is 6.10 Å². The lowest BCUT2D eigenvalue weighted by Crippen LogP contribution is -2.41. The maximum absolute atomic E-state index is 5.86. The number of hydrogen-bond acceptors (Lipinski definition) is 5. The number of aliphatic imine (C=N–C) groups is 1. The topological polar surface area (TPSA) is 71.0 Å². The van der Waals surface area contributed by atoms with E-state index in [0.29, 0.717) is 25.7 Å². The monoisotopic (exact) mass is 439 g/mol. The number of nitrogens with one attached hydrogen (secondary N) is 2. The van der Waals surface area contributed by atoms with E-state index in [2.05, 4.69) is 59.5 Å². The van der Waals surface area contributed by atoms with Crippen LogP contribution in [-0.2, 0) is 22.6 Å². The average Bonchev–Trinajstić information content (AvgIpc) is 2.82.